The highest BCUT2D eigenvalue weighted by Crippen LogP contribution is 2.14. The maximum atomic E-state index is 11.1. The summed E-state index contributed by atoms with van der Waals surface area (Å²) in [4.78, 5) is 11.1. The van der Waals surface area contributed by atoms with Crippen LogP contribution in [0.5, 0.6) is 0 Å². The van der Waals surface area contributed by atoms with Crippen molar-refractivity contribution in [3.63, 3.8) is 0 Å². The van der Waals surface area contributed by atoms with Gasteiger partial charge in [-0.15, -0.1) is 0 Å². The van der Waals surface area contributed by atoms with Crippen LogP contribution in [-0.4, -0.2) is 18.3 Å². The number of hydrogen-bond donors (Lipinski definition) is 0. The van der Waals surface area contributed by atoms with Crippen molar-refractivity contribution in [1.82, 2.24) is 0 Å². The normalized spacial score (nSPS) is 11.3. The average molecular weight is 175 g/mol. The Hall–Kier alpha value is -0.180. The Morgan fingerprint density at radius 2 is 2.00 bits per heavy atom. The summed E-state index contributed by atoms with van der Waals surface area (Å²) < 4.78 is 4.94. The van der Waals surface area contributed by atoms with Crippen LogP contribution in [0, 0.1) is 5.41 Å². The van der Waals surface area contributed by atoms with Gasteiger partial charge in [-0.2, -0.15) is 0 Å². The van der Waals surface area contributed by atoms with Gasteiger partial charge < -0.3 is 4.74 Å². The molecule has 0 atom stereocenters. The van der Waals surface area contributed by atoms with Crippen LogP contribution in [0.15, 0.2) is 0 Å². The highest BCUT2D eigenvalue weighted by molar-refractivity contribution is 7.80. The Balaban J connectivity index is 3.54. The molecule has 0 aliphatic carbocycles. The fourth-order valence-electron chi connectivity index (χ4n) is 0.440. The molecule has 1 radical (unpaired) electrons. The van der Waals surface area contributed by atoms with Crippen molar-refractivity contribution in [2.75, 3.05) is 12.4 Å². The Kier molecular flexibility index (Phi) is 4.57. The third kappa shape index (κ3) is 5.13. The van der Waals surface area contributed by atoms with Crippen LogP contribution in [-0.2, 0) is 9.53 Å². The van der Waals surface area contributed by atoms with E-state index in [2.05, 4.69) is 0 Å². The fraction of sp³-hybridized carbons (Fsp3) is 0.875. The SMILES string of the molecule is CC(C)(C)C(=O)OCCC[S]. The van der Waals surface area contributed by atoms with Crippen LogP contribution in [0.3, 0.4) is 0 Å². The van der Waals surface area contributed by atoms with Crippen molar-refractivity contribution in [3.8, 4) is 0 Å². The minimum Gasteiger partial charge on any atom is -0.465 e. The van der Waals surface area contributed by atoms with Crippen LogP contribution in [0.4, 0.5) is 0 Å². The number of carbonyl (C=O) groups excluding carboxylic acids is 1. The maximum absolute atomic E-state index is 11.1. The molecule has 2 nitrogen and oxygen atoms in total. The molecule has 0 N–H and O–H groups in total. The summed E-state index contributed by atoms with van der Waals surface area (Å²) in [7, 11) is 0. The zero-order valence-corrected chi connectivity index (χ0v) is 8.16. The van der Waals surface area contributed by atoms with E-state index in [1.807, 2.05) is 20.8 Å². The summed E-state index contributed by atoms with van der Waals surface area (Å²) in [5, 5.41) is 0. The fourth-order valence-corrected chi connectivity index (χ4v) is 0.558. The molecule has 65 valence electrons. The average Bonchev–Trinajstić information content (AvgIpc) is 1.86. The molecule has 11 heavy (non-hydrogen) atoms. The lowest BCUT2D eigenvalue weighted by atomic mass is 9.97. The Morgan fingerprint density at radius 1 is 1.45 bits per heavy atom. The summed E-state index contributed by atoms with van der Waals surface area (Å²) in [6.45, 7) is 5.97. The molecule has 0 fully saturated rings. The van der Waals surface area contributed by atoms with Crippen molar-refractivity contribution >= 4 is 18.6 Å². The van der Waals surface area contributed by atoms with Crippen molar-refractivity contribution in [2.24, 2.45) is 5.41 Å². The molecule has 0 aromatic carbocycles. The third-order valence-corrected chi connectivity index (χ3v) is 1.42. The number of esters is 1. The molecule has 0 aromatic rings. The Labute approximate surface area is 73.7 Å². The van der Waals surface area contributed by atoms with Gasteiger partial charge in [0.2, 0.25) is 0 Å². The van der Waals surface area contributed by atoms with Crippen molar-refractivity contribution in [2.45, 2.75) is 27.2 Å². The van der Waals surface area contributed by atoms with E-state index < -0.39 is 0 Å². The highest BCUT2D eigenvalue weighted by Gasteiger charge is 2.22. The van der Waals surface area contributed by atoms with E-state index >= 15 is 0 Å². The van der Waals surface area contributed by atoms with Gasteiger partial charge in [-0.3, -0.25) is 4.79 Å². The topological polar surface area (TPSA) is 26.3 Å². The molecular formula is C8H15O2S. The van der Waals surface area contributed by atoms with E-state index in [-0.39, 0.29) is 11.4 Å². The van der Waals surface area contributed by atoms with E-state index in [0.717, 1.165) is 6.42 Å². The van der Waals surface area contributed by atoms with E-state index in [1.165, 1.54) is 0 Å². The van der Waals surface area contributed by atoms with E-state index in [4.69, 9.17) is 17.4 Å². The van der Waals surface area contributed by atoms with E-state index in [9.17, 15) is 4.79 Å². The lowest BCUT2D eigenvalue weighted by Gasteiger charge is -2.15. The van der Waals surface area contributed by atoms with Gasteiger partial charge in [0.05, 0.1) is 12.0 Å². The molecule has 0 bridgehead atoms. The molecule has 0 spiro atoms. The zero-order chi connectivity index (χ0) is 8.91. The van der Waals surface area contributed by atoms with Crippen LogP contribution >= 0.6 is 12.6 Å². The Morgan fingerprint density at radius 3 is 2.36 bits per heavy atom. The first-order valence-electron chi connectivity index (χ1n) is 3.74. The summed E-state index contributed by atoms with van der Waals surface area (Å²) >= 11 is 4.71. The van der Waals surface area contributed by atoms with Crippen LogP contribution < -0.4 is 0 Å². The summed E-state index contributed by atoms with van der Waals surface area (Å²) in [5.74, 6) is 0.498. The van der Waals surface area contributed by atoms with Crippen molar-refractivity contribution in [1.29, 1.82) is 0 Å². The molecule has 0 aliphatic heterocycles. The van der Waals surface area contributed by atoms with E-state index in [1.54, 1.807) is 0 Å². The second kappa shape index (κ2) is 4.65. The number of carbonyl (C=O) groups is 1. The summed E-state index contributed by atoms with van der Waals surface area (Å²) in [6, 6.07) is 0. The lowest BCUT2D eigenvalue weighted by molar-refractivity contribution is -0.152. The van der Waals surface area contributed by atoms with Gasteiger partial charge in [0.15, 0.2) is 0 Å². The number of ether oxygens (including phenoxy) is 1. The predicted molar refractivity (Wildman–Crippen MR) is 47.5 cm³/mol. The monoisotopic (exact) mass is 175 g/mol. The second-order valence-electron chi connectivity index (χ2n) is 3.44. The highest BCUT2D eigenvalue weighted by atomic mass is 32.1. The first-order chi connectivity index (χ1) is 4.98. The predicted octanol–water partition coefficient (Wildman–Crippen LogP) is 2.16. The molecule has 0 aliphatic rings. The molecule has 3 heteroatoms. The molecular weight excluding hydrogens is 160 g/mol. The van der Waals surface area contributed by atoms with E-state index in [0.29, 0.717) is 12.4 Å². The summed E-state index contributed by atoms with van der Waals surface area (Å²) in [6.07, 6.45) is 0.775. The molecule has 0 aromatic heterocycles. The molecule has 0 saturated carbocycles. The van der Waals surface area contributed by atoms with Gasteiger partial charge in [-0.1, -0.05) is 12.6 Å². The van der Waals surface area contributed by atoms with Gasteiger partial charge in [0.1, 0.15) is 0 Å². The minimum absolute atomic E-state index is 0.152. The molecule has 0 saturated heterocycles. The second-order valence-corrected chi connectivity index (χ2v) is 3.85. The van der Waals surface area contributed by atoms with Crippen LogP contribution in [0.2, 0.25) is 0 Å². The zero-order valence-electron chi connectivity index (χ0n) is 7.35. The Bertz CT molecular complexity index is 127. The van der Waals surface area contributed by atoms with Crippen LogP contribution in [0.1, 0.15) is 27.2 Å². The van der Waals surface area contributed by atoms with Gasteiger partial charge in [0.25, 0.3) is 0 Å². The van der Waals surface area contributed by atoms with Crippen molar-refractivity contribution in [3.05, 3.63) is 0 Å². The lowest BCUT2D eigenvalue weighted by Crippen LogP contribution is -2.23. The molecule has 0 unspecified atom stereocenters. The first-order valence-corrected chi connectivity index (χ1v) is 4.31. The van der Waals surface area contributed by atoms with Gasteiger partial charge in [0, 0.05) is 5.75 Å². The molecule has 0 amide bonds. The largest absolute Gasteiger partial charge is 0.465 e. The number of hydrogen-bond acceptors (Lipinski definition) is 2. The third-order valence-electron chi connectivity index (χ3n) is 1.13. The first kappa shape index (κ1) is 10.8. The van der Waals surface area contributed by atoms with Gasteiger partial charge >= 0.3 is 5.97 Å². The van der Waals surface area contributed by atoms with Gasteiger partial charge in [-0.05, 0) is 27.2 Å². The van der Waals surface area contributed by atoms with Gasteiger partial charge in [-0.25, -0.2) is 0 Å². The summed E-state index contributed by atoms with van der Waals surface area (Å²) in [5.41, 5.74) is -0.387. The minimum atomic E-state index is -0.387. The maximum Gasteiger partial charge on any atom is 0.311 e. The smallest absolute Gasteiger partial charge is 0.311 e. The standard InChI is InChI=1S/C8H15O2S/c1-8(2,3)7(9)10-5-4-6-11/h4-6H2,1-3H3. The molecule has 0 heterocycles. The quantitative estimate of drug-likeness (QED) is 0.485. The van der Waals surface area contributed by atoms with Crippen LogP contribution in [0.25, 0.3) is 0 Å². The number of rotatable bonds is 3. The molecule has 0 rings (SSSR count). The van der Waals surface area contributed by atoms with Crippen molar-refractivity contribution < 1.29 is 9.53 Å².